The molecule has 4 heterocycles. The van der Waals surface area contributed by atoms with Crippen LogP contribution in [0.15, 0.2) is 75.1 Å². The van der Waals surface area contributed by atoms with Crippen molar-refractivity contribution in [2.45, 2.75) is 0 Å². The summed E-state index contributed by atoms with van der Waals surface area (Å²) < 4.78 is 15.7. The number of furan rings is 1. The number of hydrogen-bond acceptors (Lipinski definition) is 9. The Balaban J connectivity index is 1.45. The van der Waals surface area contributed by atoms with E-state index in [2.05, 4.69) is 15.1 Å². The highest BCUT2D eigenvalue weighted by Crippen LogP contribution is 2.38. The van der Waals surface area contributed by atoms with Gasteiger partial charge in [-0.05, 0) is 59.8 Å². The van der Waals surface area contributed by atoms with Crippen molar-refractivity contribution >= 4 is 57.4 Å². The summed E-state index contributed by atoms with van der Waals surface area (Å²) >= 11 is 7.54. The summed E-state index contributed by atoms with van der Waals surface area (Å²) in [5.74, 6) is -1.35. The van der Waals surface area contributed by atoms with Crippen LogP contribution in [0.1, 0.15) is 21.7 Å². The zero-order valence-corrected chi connectivity index (χ0v) is 19.5. The third kappa shape index (κ3) is 4.34. The molecule has 2 aliphatic heterocycles. The van der Waals surface area contributed by atoms with Crippen LogP contribution < -0.4 is 9.47 Å². The quantitative estimate of drug-likeness (QED) is 0.308. The molecule has 2 aliphatic rings. The molecule has 0 radical (unpaired) electrons. The summed E-state index contributed by atoms with van der Waals surface area (Å²) in [6.45, 7) is 0. The van der Waals surface area contributed by atoms with Crippen LogP contribution in [-0.2, 0) is 4.79 Å². The van der Waals surface area contributed by atoms with Gasteiger partial charge in [-0.3, -0.25) is 15.2 Å². The molecule has 0 saturated heterocycles. The first-order valence-corrected chi connectivity index (χ1v) is 11.2. The van der Waals surface area contributed by atoms with Crippen molar-refractivity contribution in [1.82, 2.24) is 9.99 Å². The van der Waals surface area contributed by atoms with Crippen LogP contribution >= 0.6 is 23.4 Å². The predicted molar refractivity (Wildman–Crippen MR) is 130 cm³/mol. The molecule has 2 aromatic heterocycles. The highest BCUT2D eigenvalue weighted by atomic mass is 35.5. The van der Waals surface area contributed by atoms with E-state index in [0.717, 1.165) is 5.56 Å². The summed E-state index contributed by atoms with van der Waals surface area (Å²) in [7, 11) is 1.38. The van der Waals surface area contributed by atoms with Crippen LogP contribution in [-0.4, -0.2) is 45.0 Å². The molecule has 10 nitrogen and oxygen atoms in total. The molecular formula is C23H14ClN5O5S. The topological polar surface area (TPSA) is 130 Å². The molecule has 0 saturated carbocycles. The maximum absolute atomic E-state index is 12.7. The number of halogens is 1. The van der Waals surface area contributed by atoms with Crippen molar-refractivity contribution in [1.29, 1.82) is 5.41 Å². The number of nitrogens with zero attached hydrogens (tertiary/aromatic N) is 4. The number of thioether (sulfide) groups is 1. The Morgan fingerprint density at radius 3 is 2.86 bits per heavy atom. The Morgan fingerprint density at radius 1 is 1.29 bits per heavy atom. The lowest BCUT2D eigenvalue weighted by Gasteiger charge is -2.20. The summed E-state index contributed by atoms with van der Waals surface area (Å²) in [5.41, 5.74) is 1.18. The molecule has 5 rings (SSSR count). The lowest BCUT2D eigenvalue weighted by Crippen LogP contribution is -2.35. The molecule has 3 aromatic rings. The van der Waals surface area contributed by atoms with E-state index in [4.69, 9.17) is 30.9 Å². The highest BCUT2D eigenvalue weighted by Gasteiger charge is 2.36. The second-order valence-electron chi connectivity index (χ2n) is 7.07. The molecule has 0 aliphatic carbocycles. The number of methoxy groups -OCH3 is 1. The van der Waals surface area contributed by atoms with E-state index in [1.807, 2.05) is 6.07 Å². The molecule has 0 atom stereocenters. The molecule has 1 aromatic carbocycles. The standard InChI is InChI=1S/C23H14ClN5O5S/c1-32-17-10-12(9-15(24)18(17)34-22(31)16-5-3-7-33-16)8-14-19(25)29-23(27-20(14)30)35-21(28-29)13-4-2-6-26-11-13/h2-11,25H,1H3. The largest absolute Gasteiger partial charge is 0.493 e. The van der Waals surface area contributed by atoms with Gasteiger partial charge in [0.25, 0.3) is 5.91 Å². The average Bonchev–Trinajstić information content (AvgIpc) is 3.54. The fourth-order valence-electron chi connectivity index (χ4n) is 3.22. The number of pyridine rings is 1. The number of amides is 1. The van der Waals surface area contributed by atoms with E-state index in [1.165, 1.54) is 54.4 Å². The Labute approximate surface area is 207 Å². The van der Waals surface area contributed by atoms with Crippen molar-refractivity contribution in [2.75, 3.05) is 7.11 Å². The van der Waals surface area contributed by atoms with Crippen molar-refractivity contribution in [3.05, 3.63) is 82.5 Å². The Hall–Kier alpha value is -4.22. The van der Waals surface area contributed by atoms with Gasteiger partial charge in [0, 0.05) is 18.0 Å². The summed E-state index contributed by atoms with van der Waals surface area (Å²) in [6.07, 6.45) is 6.07. The van der Waals surface area contributed by atoms with Gasteiger partial charge in [0.2, 0.25) is 10.9 Å². The van der Waals surface area contributed by atoms with E-state index < -0.39 is 11.9 Å². The minimum Gasteiger partial charge on any atom is -0.493 e. The van der Waals surface area contributed by atoms with Crippen LogP contribution in [0.25, 0.3) is 6.08 Å². The number of aromatic nitrogens is 1. The van der Waals surface area contributed by atoms with Crippen molar-refractivity contribution in [3.63, 3.8) is 0 Å². The van der Waals surface area contributed by atoms with Gasteiger partial charge in [-0.1, -0.05) is 11.6 Å². The van der Waals surface area contributed by atoms with E-state index >= 15 is 0 Å². The SMILES string of the molecule is COc1cc(C=C2C(=N)N3N=C(c4cccnc4)SC3=NC2=O)cc(Cl)c1OC(=O)c1ccco1. The number of carbonyl (C=O) groups is 2. The Kier molecular flexibility index (Phi) is 5.93. The highest BCUT2D eigenvalue weighted by molar-refractivity contribution is 8.27. The molecule has 174 valence electrons. The average molecular weight is 508 g/mol. The van der Waals surface area contributed by atoms with Gasteiger partial charge in [0.1, 0.15) is 5.04 Å². The second-order valence-corrected chi connectivity index (χ2v) is 8.43. The van der Waals surface area contributed by atoms with Gasteiger partial charge in [-0.15, -0.1) is 0 Å². The number of esters is 1. The van der Waals surface area contributed by atoms with E-state index in [0.29, 0.717) is 10.6 Å². The number of nitrogens with one attached hydrogen (secondary N) is 1. The van der Waals surface area contributed by atoms with Gasteiger partial charge in [-0.25, -0.2) is 4.79 Å². The van der Waals surface area contributed by atoms with Crippen LogP contribution in [0, 0.1) is 5.41 Å². The number of hydrazone groups is 1. The van der Waals surface area contributed by atoms with E-state index in [1.54, 1.807) is 24.5 Å². The maximum atomic E-state index is 12.7. The molecule has 0 fully saturated rings. The summed E-state index contributed by atoms with van der Waals surface area (Å²) in [5, 5.41) is 15.2. The minimum atomic E-state index is -0.749. The number of amidine groups is 2. The summed E-state index contributed by atoms with van der Waals surface area (Å²) in [4.78, 5) is 33.1. The first kappa shape index (κ1) is 22.6. The van der Waals surface area contributed by atoms with Crippen LogP contribution in [0.4, 0.5) is 0 Å². The van der Waals surface area contributed by atoms with Crippen molar-refractivity contribution in [3.8, 4) is 11.5 Å². The van der Waals surface area contributed by atoms with E-state index in [9.17, 15) is 9.59 Å². The number of carbonyl (C=O) groups excluding carboxylic acids is 2. The molecule has 1 N–H and O–H groups in total. The van der Waals surface area contributed by atoms with Gasteiger partial charge in [0.05, 0.1) is 24.0 Å². The number of fused-ring (bicyclic) bond motifs is 1. The fourth-order valence-corrected chi connectivity index (χ4v) is 4.36. The molecule has 1 amide bonds. The van der Waals surface area contributed by atoms with Gasteiger partial charge >= 0.3 is 5.97 Å². The third-order valence-electron chi connectivity index (χ3n) is 4.84. The number of rotatable bonds is 5. The predicted octanol–water partition coefficient (Wildman–Crippen LogP) is 4.22. The van der Waals surface area contributed by atoms with Crippen molar-refractivity contribution < 1.29 is 23.5 Å². The normalized spacial score (nSPS) is 16.2. The minimum absolute atomic E-state index is 0.000999. The lowest BCUT2D eigenvalue weighted by atomic mass is 10.1. The number of ether oxygens (including phenoxy) is 2. The zero-order valence-electron chi connectivity index (χ0n) is 17.9. The number of aliphatic imine (C=N–C) groups is 1. The Morgan fingerprint density at radius 2 is 2.14 bits per heavy atom. The lowest BCUT2D eigenvalue weighted by molar-refractivity contribution is -0.114. The molecule has 35 heavy (non-hydrogen) atoms. The molecule has 0 unspecified atom stereocenters. The van der Waals surface area contributed by atoms with Gasteiger partial charge < -0.3 is 13.9 Å². The number of benzene rings is 1. The first-order chi connectivity index (χ1) is 16.9. The van der Waals surface area contributed by atoms with E-state index in [-0.39, 0.29) is 38.9 Å². The second kappa shape index (κ2) is 9.20. The van der Waals surface area contributed by atoms with Crippen LogP contribution in [0.2, 0.25) is 5.02 Å². The Bertz CT molecular complexity index is 1450. The number of hydrogen-bond donors (Lipinski definition) is 1. The van der Waals surface area contributed by atoms with Crippen molar-refractivity contribution in [2.24, 2.45) is 10.1 Å². The summed E-state index contributed by atoms with van der Waals surface area (Å²) in [6, 6.07) is 9.60. The molecule has 0 bridgehead atoms. The monoisotopic (exact) mass is 507 g/mol. The van der Waals surface area contributed by atoms with Gasteiger partial charge in [0.15, 0.2) is 17.3 Å². The molecule has 0 spiro atoms. The third-order valence-corrected chi connectivity index (χ3v) is 6.08. The fraction of sp³-hybridized carbons (Fsp3) is 0.0435. The van der Waals surface area contributed by atoms with Gasteiger partial charge in [-0.2, -0.15) is 15.1 Å². The molecular weight excluding hydrogens is 494 g/mol. The van der Waals surface area contributed by atoms with Crippen LogP contribution in [0.3, 0.4) is 0 Å². The molecule has 12 heteroatoms. The maximum Gasteiger partial charge on any atom is 0.379 e. The van der Waals surface area contributed by atoms with Crippen LogP contribution in [0.5, 0.6) is 11.5 Å². The smallest absolute Gasteiger partial charge is 0.379 e. The zero-order chi connectivity index (χ0) is 24.5. The first-order valence-electron chi connectivity index (χ1n) is 9.98.